The second-order valence-electron chi connectivity index (χ2n) is 2.42. The van der Waals surface area contributed by atoms with Crippen molar-refractivity contribution in [2.24, 2.45) is 0 Å². The number of rotatable bonds is 3. The summed E-state index contributed by atoms with van der Waals surface area (Å²) in [4.78, 5) is 9.94. The number of non-ortho nitro benzene ring substituents is 1. The fourth-order valence-corrected chi connectivity index (χ4v) is 0.964. The maximum absolute atomic E-state index is 10.3. The number of hydrogen-bond donors (Lipinski definition) is 0. The van der Waals surface area contributed by atoms with E-state index in [1.807, 2.05) is 6.07 Å². The maximum Gasteiger partial charge on any atom is 0.269 e. The average molecular weight is 163 g/mol. The van der Waals surface area contributed by atoms with Crippen molar-refractivity contribution in [2.75, 3.05) is 0 Å². The summed E-state index contributed by atoms with van der Waals surface area (Å²) >= 11 is 0. The SMILES string of the molecule is C=CCc1cccc([N+](=O)[O-])c1. The molecular formula is C9H9NO2. The smallest absolute Gasteiger partial charge is 0.258 e. The van der Waals surface area contributed by atoms with Crippen LogP contribution in [0.15, 0.2) is 36.9 Å². The van der Waals surface area contributed by atoms with Crippen LogP contribution in [0, 0.1) is 10.1 Å². The van der Waals surface area contributed by atoms with E-state index in [1.54, 1.807) is 18.2 Å². The van der Waals surface area contributed by atoms with Gasteiger partial charge in [-0.3, -0.25) is 10.1 Å². The lowest BCUT2D eigenvalue weighted by molar-refractivity contribution is -0.384. The maximum atomic E-state index is 10.3. The van der Waals surface area contributed by atoms with Gasteiger partial charge in [0, 0.05) is 12.1 Å². The number of benzene rings is 1. The molecule has 0 bridgehead atoms. The minimum absolute atomic E-state index is 0.134. The lowest BCUT2D eigenvalue weighted by Crippen LogP contribution is -1.89. The Bertz CT molecular complexity index is 307. The standard InChI is InChI=1S/C9H9NO2/c1-2-4-8-5-3-6-9(7-8)10(11)12/h2-3,5-7H,1,4H2. The lowest BCUT2D eigenvalue weighted by atomic mass is 10.1. The minimum Gasteiger partial charge on any atom is -0.258 e. The van der Waals surface area contributed by atoms with E-state index in [-0.39, 0.29) is 5.69 Å². The molecule has 0 heterocycles. The summed E-state index contributed by atoms with van der Waals surface area (Å²) in [5.41, 5.74) is 1.05. The Morgan fingerprint density at radius 1 is 1.58 bits per heavy atom. The first-order valence-corrected chi connectivity index (χ1v) is 3.58. The van der Waals surface area contributed by atoms with Gasteiger partial charge in [-0.2, -0.15) is 0 Å². The zero-order valence-electron chi connectivity index (χ0n) is 6.56. The van der Waals surface area contributed by atoms with Gasteiger partial charge in [-0.05, 0) is 12.0 Å². The van der Waals surface area contributed by atoms with Crippen LogP contribution in [0.2, 0.25) is 0 Å². The van der Waals surface area contributed by atoms with E-state index in [2.05, 4.69) is 6.58 Å². The van der Waals surface area contributed by atoms with Crippen molar-refractivity contribution < 1.29 is 4.92 Å². The quantitative estimate of drug-likeness (QED) is 0.390. The van der Waals surface area contributed by atoms with Gasteiger partial charge in [0.25, 0.3) is 5.69 Å². The van der Waals surface area contributed by atoms with Gasteiger partial charge in [-0.1, -0.05) is 18.2 Å². The second kappa shape index (κ2) is 3.67. The van der Waals surface area contributed by atoms with Crippen LogP contribution in [0.3, 0.4) is 0 Å². The molecule has 0 aliphatic rings. The normalized spacial score (nSPS) is 9.33. The number of nitrogens with zero attached hydrogens (tertiary/aromatic N) is 1. The van der Waals surface area contributed by atoms with Crippen LogP contribution in [0.1, 0.15) is 5.56 Å². The molecule has 12 heavy (non-hydrogen) atoms. The lowest BCUT2D eigenvalue weighted by Gasteiger charge is -1.95. The van der Waals surface area contributed by atoms with E-state index in [1.165, 1.54) is 6.07 Å². The van der Waals surface area contributed by atoms with Crippen molar-refractivity contribution >= 4 is 5.69 Å². The van der Waals surface area contributed by atoms with Crippen LogP contribution in [0.4, 0.5) is 5.69 Å². The van der Waals surface area contributed by atoms with Crippen molar-refractivity contribution in [2.45, 2.75) is 6.42 Å². The molecule has 0 fully saturated rings. The molecular weight excluding hydrogens is 154 g/mol. The third-order valence-corrected chi connectivity index (χ3v) is 1.50. The van der Waals surface area contributed by atoms with Gasteiger partial charge in [-0.25, -0.2) is 0 Å². The minimum atomic E-state index is -0.396. The summed E-state index contributed by atoms with van der Waals surface area (Å²) in [6.45, 7) is 3.56. The second-order valence-corrected chi connectivity index (χ2v) is 2.42. The monoisotopic (exact) mass is 163 g/mol. The molecule has 0 aliphatic carbocycles. The van der Waals surface area contributed by atoms with Gasteiger partial charge in [0.2, 0.25) is 0 Å². The highest BCUT2D eigenvalue weighted by Crippen LogP contribution is 2.13. The Hall–Kier alpha value is -1.64. The number of hydrogen-bond acceptors (Lipinski definition) is 2. The van der Waals surface area contributed by atoms with Gasteiger partial charge in [0.05, 0.1) is 4.92 Å². The van der Waals surface area contributed by atoms with Crippen molar-refractivity contribution in [3.8, 4) is 0 Å². The van der Waals surface area contributed by atoms with Crippen molar-refractivity contribution in [1.82, 2.24) is 0 Å². The van der Waals surface area contributed by atoms with Gasteiger partial charge in [0.15, 0.2) is 0 Å². The van der Waals surface area contributed by atoms with Crippen LogP contribution >= 0.6 is 0 Å². The summed E-state index contributed by atoms with van der Waals surface area (Å²) < 4.78 is 0. The van der Waals surface area contributed by atoms with E-state index in [0.29, 0.717) is 6.42 Å². The molecule has 0 unspecified atom stereocenters. The molecule has 0 radical (unpaired) electrons. The van der Waals surface area contributed by atoms with E-state index >= 15 is 0 Å². The highest BCUT2D eigenvalue weighted by molar-refractivity contribution is 5.34. The molecule has 1 rings (SSSR count). The van der Waals surface area contributed by atoms with Crippen LogP contribution < -0.4 is 0 Å². The van der Waals surface area contributed by atoms with Gasteiger partial charge >= 0.3 is 0 Å². The Balaban J connectivity index is 2.95. The summed E-state index contributed by atoms with van der Waals surface area (Å²) in [6, 6.07) is 6.56. The third-order valence-electron chi connectivity index (χ3n) is 1.50. The van der Waals surface area contributed by atoms with Crippen LogP contribution in [-0.2, 0) is 6.42 Å². The fourth-order valence-electron chi connectivity index (χ4n) is 0.964. The Morgan fingerprint density at radius 2 is 2.33 bits per heavy atom. The van der Waals surface area contributed by atoms with Crippen LogP contribution in [0.25, 0.3) is 0 Å². The largest absolute Gasteiger partial charge is 0.269 e. The molecule has 0 atom stereocenters. The van der Waals surface area contributed by atoms with Gasteiger partial charge in [0.1, 0.15) is 0 Å². The molecule has 3 heteroatoms. The molecule has 0 spiro atoms. The fraction of sp³-hybridized carbons (Fsp3) is 0.111. The van der Waals surface area contributed by atoms with Crippen LogP contribution in [-0.4, -0.2) is 4.92 Å². The van der Waals surface area contributed by atoms with E-state index in [4.69, 9.17) is 0 Å². The van der Waals surface area contributed by atoms with Crippen molar-refractivity contribution in [3.05, 3.63) is 52.6 Å². The van der Waals surface area contributed by atoms with Crippen molar-refractivity contribution in [1.29, 1.82) is 0 Å². The molecule has 1 aromatic carbocycles. The zero-order chi connectivity index (χ0) is 8.97. The predicted octanol–water partition coefficient (Wildman–Crippen LogP) is 2.32. The molecule has 3 nitrogen and oxygen atoms in total. The number of nitro groups is 1. The molecule has 1 aromatic rings. The summed E-state index contributed by atoms with van der Waals surface area (Å²) in [6.07, 6.45) is 2.39. The predicted molar refractivity (Wildman–Crippen MR) is 47.0 cm³/mol. The third kappa shape index (κ3) is 1.92. The first kappa shape index (κ1) is 8.46. The molecule has 0 saturated carbocycles. The first-order valence-electron chi connectivity index (χ1n) is 3.58. The van der Waals surface area contributed by atoms with Crippen molar-refractivity contribution in [3.63, 3.8) is 0 Å². The van der Waals surface area contributed by atoms with E-state index in [0.717, 1.165) is 5.56 Å². The molecule has 0 aromatic heterocycles. The first-order chi connectivity index (χ1) is 5.74. The van der Waals surface area contributed by atoms with E-state index in [9.17, 15) is 10.1 Å². The average Bonchev–Trinajstić information content (AvgIpc) is 2.05. The number of allylic oxidation sites excluding steroid dienone is 1. The molecule has 0 saturated heterocycles. The van der Waals surface area contributed by atoms with Crippen LogP contribution in [0.5, 0.6) is 0 Å². The Morgan fingerprint density at radius 3 is 2.92 bits per heavy atom. The molecule has 0 N–H and O–H groups in total. The topological polar surface area (TPSA) is 43.1 Å². The van der Waals surface area contributed by atoms with E-state index < -0.39 is 4.92 Å². The summed E-state index contributed by atoms with van der Waals surface area (Å²) in [5, 5.41) is 10.3. The number of nitro benzene ring substituents is 1. The Kier molecular flexibility index (Phi) is 2.58. The summed E-state index contributed by atoms with van der Waals surface area (Å²) in [5.74, 6) is 0. The molecule has 0 amide bonds. The zero-order valence-corrected chi connectivity index (χ0v) is 6.56. The summed E-state index contributed by atoms with van der Waals surface area (Å²) in [7, 11) is 0. The van der Waals surface area contributed by atoms with Gasteiger partial charge < -0.3 is 0 Å². The highest BCUT2D eigenvalue weighted by Gasteiger charge is 2.03. The molecule has 62 valence electrons. The van der Waals surface area contributed by atoms with Gasteiger partial charge in [-0.15, -0.1) is 6.58 Å². The Labute approximate surface area is 70.5 Å². The highest BCUT2D eigenvalue weighted by atomic mass is 16.6. The molecule has 0 aliphatic heterocycles.